The monoisotopic (exact) mass is 329 g/mol. The van der Waals surface area contributed by atoms with Gasteiger partial charge in [-0.25, -0.2) is 0 Å². The Balaban J connectivity index is 2.04. The smallest absolute Gasteiger partial charge is 0.306 e. The van der Waals surface area contributed by atoms with Crippen LogP contribution in [0.3, 0.4) is 0 Å². The molecule has 1 aliphatic rings. The third-order valence-corrected chi connectivity index (χ3v) is 3.91. The molecule has 1 aromatic carbocycles. The Morgan fingerprint density at radius 2 is 2.04 bits per heavy atom. The lowest BCUT2D eigenvalue weighted by Gasteiger charge is -2.29. The number of methoxy groups -OCH3 is 1. The lowest BCUT2D eigenvalue weighted by molar-refractivity contribution is -0.143. The maximum Gasteiger partial charge on any atom is 0.306 e. The van der Waals surface area contributed by atoms with Crippen molar-refractivity contribution in [1.29, 1.82) is 5.26 Å². The van der Waals surface area contributed by atoms with E-state index >= 15 is 0 Å². The molecule has 1 aliphatic heterocycles. The summed E-state index contributed by atoms with van der Waals surface area (Å²) in [6.07, 6.45) is 2.49. The molecule has 7 heteroatoms. The van der Waals surface area contributed by atoms with Gasteiger partial charge in [-0.1, -0.05) is 12.1 Å². The van der Waals surface area contributed by atoms with Crippen molar-refractivity contribution in [2.75, 3.05) is 25.5 Å². The molecule has 1 amide bonds. The van der Waals surface area contributed by atoms with Crippen molar-refractivity contribution in [2.45, 2.75) is 12.8 Å². The lowest BCUT2D eigenvalue weighted by atomic mass is 9.97. The number of carbonyl (C=O) groups excluding carboxylic acids is 1. The zero-order chi connectivity index (χ0) is 17.5. The number of benzene rings is 1. The van der Waals surface area contributed by atoms with Gasteiger partial charge in [-0.3, -0.25) is 9.59 Å². The maximum absolute atomic E-state index is 12.3. The van der Waals surface area contributed by atoms with Crippen molar-refractivity contribution < 1.29 is 19.4 Å². The number of anilines is 1. The summed E-state index contributed by atoms with van der Waals surface area (Å²) < 4.78 is 5.16. The van der Waals surface area contributed by atoms with Crippen LogP contribution in [0.25, 0.3) is 0 Å². The molecule has 7 nitrogen and oxygen atoms in total. The van der Waals surface area contributed by atoms with E-state index in [1.165, 1.54) is 13.3 Å². The first-order valence-corrected chi connectivity index (χ1v) is 7.58. The number of carboxylic acids is 1. The summed E-state index contributed by atoms with van der Waals surface area (Å²) in [5.41, 5.74) is 0.449. The molecule has 1 fully saturated rings. The minimum Gasteiger partial charge on any atom is -0.495 e. The molecular formula is C17H19N3O4. The van der Waals surface area contributed by atoms with Crippen LogP contribution in [0, 0.1) is 17.2 Å². The van der Waals surface area contributed by atoms with E-state index < -0.39 is 11.9 Å². The quantitative estimate of drug-likeness (QED) is 0.631. The van der Waals surface area contributed by atoms with Gasteiger partial charge in [0.15, 0.2) is 0 Å². The average molecular weight is 329 g/mol. The summed E-state index contributed by atoms with van der Waals surface area (Å²) in [7, 11) is 1.50. The number of amides is 1. The molecule has 0 unspecified atom stereocenters. The Labute approximate surface area is 140 Å². The first kappa shape index (κ1) is 17.3. The van der Waals surface area contributed by atoms with Crippen LogP contribution < -0.4 is 10.1 Å². The fraction of sp³-hybridized carbons (Fsp3) is 0.353. The van der Waals surface area contributed by atoms with Gasteiger partial charge in [0.05, 0.1) is 18.7 Å². The second-order valence-electron chi connectivity index (χ2n) is 5.46. The van der Waals surface area contributed by atoms with E-state index in [4.69, 9.17) is 9.84 Å². The van der Waals surface area contributed by atoms with Crippen molar-refractivity contribution in [3.63, 3.8) is 0 Å². The van der Waals surface area contributed by atoms with Crippen LogP contribution in [-0.2, 0) is 9.59 Å². The molecule has 2 rings (SSSR count). The lowest BCUT2D eigenvalue weighted by Crippen LogP contribution is -2.33. The largest absolute Gasteiger partial charge is 0.495 e. The van der Waals surface area contributed by atoms with Crippen molar-refractivity contribution in [2.24, 2.45) is 5.92 Å². The van der Waals surface area contributed by atoms with Gasteiger partial charge in [0.2, 0.25) is 0 Å². The van der Waals surface area contributed by atoms with Crippen molar-refractivity contribution >= 4 is 17.6 Å². The summed E-state index contributed by atoms with van der Waals surface area (Å²) in [5.74, 6) is -1.18. The number of nitrogens with one attached hydrogen (secondary N) is 1. The highest BCUT2D eigenvalue weighted by Gasteiger charge is 2.24. The third-order valence-electron chi connectivity index (χ3n) is 3.91. The number of hydrogen-bond acceptors (Lipinski definition) is 5. The zero-order valence-corrected chi connectivity index (χ0v) is 13.4. The summed E-state index contributed by atoms with van der Waals surface area (Å²) in [6.45, 7) is 1.01. The van der Waals surface area contributed by atoms with E-state index in [0.717, 1.165) is 0 Å². The highest BCUT2D eigenvalue weighted by atomic mass is 16.5. The molecule has 0 saturated carbocycles. The number of carbonyl (C=O) groups is 2. The number of likely N-dealkylation sites (tertiary alicyclic amines) is 1. The predicted molar refractivity (Wildman–Crippen MR) is 87.3 cm³/mol. The second kappa shape index (κ2) is 8.02. The van der Waals surface area contributed by atoms with E-state index in [-0.39, 0.29) is 11.5 Å². The number of nitrogens with zero attached hydrogens (tertiary/aromatic N) is 2. The second-order valence-corrected chi connectivity index (χ2v) is 5.46. The molecule has 24 heavy (non-hydrogen) atoms. The number of hydrogen-bond donors (Lipinski definition) is 2. The molecule has 0 atom stereocenters. The highest BCUT2D eigenvalue weighted by molar-refractivity contribution is 6.07. The minimum absolute atomic E-state index is 0.0327. The number of carboxylic acid groups (broad SMARTS) is 1. The predicted octanol–water partition coefficient (Wildman–Crippen LogP) is 1.84. The van der Waals surface area contributed by atoms with Gasteiger partial charge in [0, 0.05) is 19.3 Å². The minimum atomic E-state index is -0.798. The van der Waals surface area contributed by atoms with E-state index in [0.29, 0.717) is 37.4 Å². The summed E-state index contributed by atoms with van der Waals surface area (Å²) in [4.78, 5) is 25.0. The van der Waals surface area contributed by atoms with Gasteiger partial charge in [-0.05, 0) is 25.0 Å². The summed E-state index contributed by atoms with van der Waals surface area (Å²) in [5, 5.41) is 20.9. The SMILES string of the molecule is COc1ccccc1NC(=O)/C(C#N)=C\N1CCC(C(=O)O)CC1. The first-order chi connectivity index (χ1) is 11.5. The standard InChI is InChI=1S/C17H19N3O4/c1-24-15-5-3-2-4-14(15)19-16(21)13(10-18)11-20-8-6-12(7-9-20)17(22)23/h2-5,11-12H,6-9H2,1H3,(H,19,21)(H,22,23)/b13-11-. The summed E-state index contributed by atoms with van der Waals surface area (Å²) >= 11 is 0. The van der Waals surface area contributed by atoms with Crippen LogP contribution in [0.1, 0.15) is 12.8 Å². The number of para-hydroxylation sites is 2. The van der Waals surface area contributed by atoms with Crippen LogP contribution in [0.15, 0.2) is 36.0 Å². The van der Waals surface area contributed by atoms with Gasteiger partial charge >= 0.3 is 5.97 Å². The molecule has 0 spiro atoms. The Bertz CT molecular complexity index is 685. The molecule has 0 aliphatic carbocycles. The van der Waals surface area contributed by atoms with E-state index in [9.17, 15) is 14.9 Å². The number of ether oxygens (including phenoxy) is 1. The highest BCUT2D eigenvalue weighted by Crippen LogP contribution is 2.24. The van der Waals surface area contributed by atoms with E-state index in [1.807, 2.05) is 6.07 Å². The fourth-order valence-electron chi connectivity index (χ4n) is 2.53. The molecule has 0 bridgehead atoms. The zero-order valence-electron chi connectivity index (χ0n) is 13.4. The molecule has 1 heterocycles. The van der Waals surface area contributed by atoms with Gasteiger partial charge in [-0.2, -0.15) is 5.26 Å². The molecule has 1 saturated heterocycles. The fourth-order valence-corrected chi connectivity index (χ4v) is 2.53. The molecule has 126 valence electrons. The van der Waals surface area contributed by atoms with Crippen LogP contribution in [0.2, 0.25) is 0 Å². The molecule has 0 radical (unpaired) electrons. The Hall–Kier alpha value is -3.01. The number of piperidine rings is 1. The molecular weight excluding hydrogens is 310 g/mol. The van der Waals surface area contributed by atoms with Crippen molar-refractivity contribution in [1.82, 2.24) is 4.90 Å². The van der Waals surface area contributed by atoms with Crippen molar-refractivity contribution in [3.8, 4) is 11.8 Å². The van der Waals surface area contributed by atoms with Gasteiger partial charge in [0.1, 0.15) is 17.4 Å². The topological polar surface area (TPSA) is 103 Å². The normalized spacial score (nSPS) is 15.5. The summed E-state index contributed by atoms with van der Waals surface area (Å²) in [6, 6.07) is 8.82. The molecule has 0 aromatic heterocycles. The van der Waals surface area contributed by atoms with Crippen molar-refractivity contribution in [3.05, 3.63) is 36.0 Å². The maximum atomic E-state index is 12.3. The van der Waals surface area contributed by atoms with Gasteiger partial charge < -0.3 is 20.1 Å². The Morgan fingerprint density at radius 1 is 1.38 bits per heavy atom. The van der Waals surface area contributed by atoms with Crippen LogP contribution >= 0.6 is 0 Å². The average Bonchev–Trinajstić information content (AvgIpc) is 2.60. The number of rotatable bonds is 5. The molecule has 2 N–H and O–H groups in total. The van der Waals surface area contributed by atoms with Crippen LogP contribution in [0.4, 0.5) is 5.69 Å². The number of nitriles is 1. The van der Waals surface area contributed by atoms with Crippen LogP contribution in [0.5, 0.6) is 5.75 Å². The molecule has 1 aromatic rings. The van der Waals surface area contributed by atoms with Gasteiger partial charge in [-0.15, -0.1) is 0 Å². The Kier molecular flexibility index (Phi) is 5.79. The number of aliphatic carboxylic acids is 1. The first-order valence-electron chi connectivity index (χ1n) is 7.58. The van der Waals surface area contributed by atoms with E-state index in [2.05, 4.69) is 5.32 Å². The van der Waals surface area contributed by atoms with Gasteiger partial charge in [0.25, 0.3) is 5.91 Å². The van der Waals surface area contributed by atoms with E-state index in [1.54, 1.807) is 29.2 Å². The third kappa shape index (κ3) is 4.26. The Morgan fingerprint density at radius 3 is 2.62 bits per heavy atom. The van der Waals surface area contributed by atoms with Crippen LogP contribution in [-0.4, -0.2) is 42.1 Å².